The van der Waals surface area contributed by atoms with Gasteiger partial charge >= 0.3 is 0 Å². The van der Waals surface area contributed by atoms with E-state index in [2.05, 4.69) is 67.4 Å². The van der Waals surface area contributed by atoms with Crippen LogP contribution in [0.4, 0.5) is 0 Å². The highest BCUT2D eigenvalue weighted by molar-refractivity contribution is 8.76. The second-order valence-electron chi connectivity index (χ2n) is 8.74. The molecule has 1 heterocycles. The van der Waals surface area contributed by atoms with Crippen LogP contribution in [0, 0.1) is 0 Å². The number of nitrogens with zero attached hydrogens (tertiary/aromatic N) is 2. The molecule has 0 bridgehead atoms. The van der Waals surface area contributed by atoms with Crippen LogP contribution in [0.5, 0.6) is 0 Å². The summed E-state index contributed by atoms with van der Waals surface area (Å²) in [4.78, 5) is 1.70. The summed E-state index contributed by atoms with van der Waals surface area (Å²) in [5.74, 6) is 2.57. The first-order chi connectivity index (χ1) is 12.4. The number of nitrogens with one attached hydrogen (secondary N) is 1. The molecular weight excluding hydrogens is 358 g/mol. The van der Waals surface area contributed by atoms with Crippen molar-refractivity contribution in [2.75, 3.05) is 65.4 Å². The van der Waals surface area contributed by atoms with Gasteiger partial charge in [-0.05, 0) is 19.8 Å². The Morgan fingerprint density at radius 2 is 1.85 bits per heavy atom. The first-order valence-corrected chi connectivity index (χ1v) is 13.4. The van der Waals surface area contributed by atoms with E-state index >= 15 is 0 Å². The van der Waals surface area contributed by atoms with Gasteiger partial charge in [0.1, 0.15) is 18.8 Å². The van der Waals surface area contributed by atoms with Gasteiger partial charge in [-0.3, -0.25) is 0 Å². The number of hydrogen-bond donors (Lipinski definition) is 1. The standard InChI is InChI=1S/C21H45N3S2/c1-6-7-17-24(4,5)18-20-26-25-19-16-22(3)13-10-11-15-23-14-9-8-12-21(23)2/h14,21H,6-13,15-20H2,1-5H3/q+2/p+1. The summed E-state index contributed by atoms with van der Waals surface area (Å²) in [7, 11) is 11.3. The van der Waals surface area contributed by atoms with E-state index in [4.69, 9.17) is 0 Å². The number of unbranched alkanes of at least 4 members (excludes halogenated alkanes) is 2. The summed E-state index contributed by atoms with van der Waals surface area (Å²) < 4.78 is 3.77. The van der Waals surface area contributed by atoms with Crippen molar-refractivity contribution in [3.8, 4) is 0 Å². The molecule has 1 aliphatic rings. The largest absolute Gasteiger partial charge is 0.337 e. The second kappa shape index (κ2) is 14.3. The van der Waals surface area contributed by atoms with Crippen molar-refractivity contribution in [1.82, 2.24) is 0 Å². The summed E-state index contributed by atoms with van der Waals surface area (Å²) >= 11 is 0. The monoisotopic (exact) mass is 404 g/mol. The van der Waals surface area contributed by atoms with Crippen LogP contribution in [0.25, 0.3) is 0 Å². The minimum Gasteiger partial charge on any atom is -0.337 e. The summed E-state index contributed by atoms with van der Waals surface area (Å²) in [5, 5.41) is 0. The molecule has 5 heteroatoms. The lowest BCUT2D eigenvalue weighted by molar-refractivity contribution is -0.888. The van der Waals surface area contributed by atoms with Gasteiger partial charge < -0.3 is 9.38 Å². The summed E-state index contributed by atoms with van der Waals surface area (Å²) in [5.41, 5.74) is 0. The first kappa shape index (κ1) is 24.3. The van der Waals surface area contributed by atoms with Crippen LogP contribution in [0.3, 0.4) is 0 Å². The normalized spacial score (nSPS) is 19.4. The molecule has 0 aliphatic carbocycles. The molecule has 0 saturated carbocycles. The maximum atomic E-state index is 2.59. The highest BCUT2D eigenvalue weighted by atomic mass is 33.1. The van der Waals surface area contributed by atoms with E-state index in [9.17, 15) is 0 Å². The minimum atomic E-state index is 0.771. The van der Waals surface area contributed by atoms with E-state index in [1.165, 1.54) is 93.7 Å². The van der Waals surface area contributed by atoms with Crippen LogP contribution in [-0.2, 0) is 0 Å². The molecule has 154 valence electrons. The Labute approximate surface area is 172 Å². The van der Waals surface area contributed by atoms with Crippen LogP contribution >= 0.6 is 21.6 Å². The van der Waals surface area contributed by atoms with E-state index in [1.807, 2.05) is 0 Å². The molecule has 1 N–H and O–H groups in total. The van der Waals surface area contributed by atoms with Crippen molar-refractivity contribution in [2.45, 2.75) is 64.8 Å². The van der Waals surface area contributed by atoms with Crippen molar-refractivity contribution in [3.05, 3.63) is 0 Å². The Morgan fingerprint density at radius 3 is 2.58 bits per heavy atom. The highest BCUT2D eigenvalue weighted by Crippen LogP contribution is 2.20. The number of rotatable bonds is 15. The van der Waals surface area contributed by atoms with Crippen LogP contribution in [0.2, 0.25) is 0 Å². The third kappa shape index (κ3) is 11.9. The fourth-order valence-electron chi connectivity index (χ4n) is 3.49. The fraction of sp³-hybridized carbons (Fsp3) is 0.952. The van der Waals surface area contributed by atoms with Gasteiger partial charge in [0.05, 0.1) is 58.8 Å². The van der Waals surface area contributed by atoms with E-state index in [1.54, 1.807) is 4.90 Å². The van der Waals surface area contributed by atoms with Gasteiger partial charge in [0.15, 0.2) is 0 Å². The van der Waals surface area contributed by atoms with Gasteiger partial charge in [-0.2, -0.15) is 0 Å². The molecule has 0 radical (unpaired) electrons. The van der Waals surface area contributed by atoms with Gasteiger partial charge in [-0.25, -0.2) is 4.58 Å². The fourth-order valence-corrected chi connectivity index (χ4v) is 5.91. The molecule has 2 unspecified atom stereocenters. The van der Waals surface area contributed by atoms with E-state index in [-0.39, 0.29) is 0 Å². The van der Waals surface area contributed by atoms with Crippen molar-refractivity contribution in [1.29, 1.82) is 0 Å². The lowest BCUT2D eigenvalue weighted by Gasteiger charge is -2.29. The predicted octanol–water partition coefficient (Wildman–Crippen LogP) is 3.19. The third-order valence-corrected chi connectivity index (χ3v) is 8.00. The molecule has 0 aromatic carbocycles. The smallest absolute Gasteiger partial charge is 0.149 e. The van der Waals surface area contributed by atoms with E-state index in [0.717, 1.165) is 6.04 Å². The topological polar surface area (TPSA) is 7.45 Å². The molecule has 1 rings (SSSR count). The van der Waals surface area contributed by atoms with Gasteiger partial charge in [0.25, 0.3) is 0 Å². The summed E-state index contributed by atoms with van der Waals surface area (Å²) in [6, 6.07) is 0.771. The van der Waals surface area contributed by atoms with Gasteiger partial charge in [-0.1, -0.05) is 34.9 Å². The number of quaternary nitrogens is 2. The molecule has 0 amide bonds. The van der Waals surface area contributed by atoms with Crippen LogP contribution in [0.1, 0.15) is 58.8 Å². The molecule has 0 fully saturated rings. The molecular formula is C21H46N3S2+3. The molecule has 0 saturated heterocycles. The van der Waals surface area contributed by atoms with Gasteiger partial charge in [0, 0.05) is 25.7 Å². The minimum absolute atomic E-state index is 0.771. The van der Waals surface area contributed by atoms with Crippen molar-refractivity contribution in [2.24, 2.45) is 0 Å². The van der Waals surface area contributed by atoms with E-state index in [0.29, 0.717) is 0 Å². The Balaban J connectivity index is 1.95. The molecule has 26 heavy (non-hydrogen) atoms. The van der Waals surface area contributed by atoms with Gasteiger partial charge in [-0.15, -0.1) is 0 Å². The zero-order chi connectivity index (χ0) is 19.3. The molecule has 2 atom stereocenters. The first-order valence-electron chi connectivity index (χ1n) is 10.9. The SMILES string of the molecule is CCCC[N+](C)(C)CCSSCC[NH+](C)CCCC[N+]1=CCCCC1C. The highest BCUT2D eigenvalue weighted by Gasteiger charge is 2.18. The quantitative estimate of drug-likeness (QED) is 0.194. The Bertz CT molecular complexity index is 385. The van der Waals surface area contributed by atoms with Crippen LogP contribution in [-0.4, -0.2) is 86.7 Å². The Morgan fingerprint density at radius 1 is 1.08 bits per heavy atom. The third-order valence-electron chi connectivity index (χ3n) is 5.62. The maximum Gasteiger partial charge on any atom is 0.149 e. The number of hydrogen-bond acceptors (Lipinski definition) is 2. The molecule has 0 spiro atoms. The molecule has 0 aromatic rings. The average molecular weight is 405 g/mol. The van der Waals surface area contributed by atoms with Crippen molar-refractivity contribution < 1.29 is 14.0 Å². The average Bonchev–Trinajstić information content (AvgIpc) is 2.61. The Hall–Kier alpha value is 0.290. The van der Waals surface area contributed by atoms with Crippen molar-refractivity contribution >= 4 is 27.8 Å². The summed E-state index contributed by atoms with van der Waals surface area (Å²) in [6.07, 6.45) is 11.9. The van der Waals surface area contributed by atoms with Crippen LogP contribution in [0.15, 0.2) is 0 Å². The van der Waals surface area contributed by atoms with Gasteiger partial charge in [0.2, 0.25) is 0 Å². The zero-order valence-corrected chi connectivity index (χ0v) is 19.9. The summed E-state index contributed by atoms with van der Waals surface area (Å²) in [6.45, 7) is 11.2. The molecule has 1 aliphatic heterocycles. The lowest BCUT2D eigenvalue weighted by Crippen LogP contribution is -3.09. The predicted molar refractivity (Wildman–Crippen MR) is 122 cm³/mol. The Kier molecular flexibility index (Phi) is 13.4. The second-order valence-corrected chi connectivity index (χ2v) is 11.4. The van der Waals surface area contributed by atoms with E-state index < -0.39 is 0 Å². The lowest BCUT2D eigenvalue weighted by atomic mass is 10.1. The maximum absolute atomic E-state index is 2.59. The van der Waals surface area contributed by atoms with Crippen molar-refractivity contribution in [3.63, 3.8) is 0 Å². The zero-order valence-electron chi connectivity index (χ0n) is 18.3. The molecule has 3 nitrogen and oxygen atoms in total. The molecule has 0 aromatic heterocycles. The van der Waals surface area contributed by atoms with Crippen LogP contribution < -0.4 is 4.90 Å².